The van der Waals surface area contributed by atoms with E-state index in [1.807, 2.05) is 12.1 Å². The van der Waals surface area contributed by atoms with E-state index in [4.69, 9.17) is 5.11 Å². The van der Waals surface area contributed by atoms with Crippen LogP contribution >= 0.6 is 0 Å². The summed E-state index contributed by atoms with van der Waals surface area (Å²) < 4.78 is 0. The number of likely N-dealkylation sites (tertiary alicyclic amines) is 1. The Morgan fingerprint density at radius 2 is 1.86 bits per heavy atom. The lowest BCUT2D eigenvalue weighted by molar-refractivity contribution is -0.151. The molecule has 6 nitrogen and oxygen atoms in total. The third-order valence-electron chi connectivity index (χ3n) is 5.99. The number of amides is 2. The molecule has 2 unspecified atom stereocenters. The summed E-state index contributed by atoms with van der Waals surface area (Å²) in [6, 6.07) is 5.93. The molecule has 150 valence electrons. The highest BCUT2D eigenvalue weighted by atomic mass is 16.4. The molecule has 2 aliphatic rings. The third-order valence-corrected chi connectivity index (χ3v) is 5.99. The topological polar surface area (TPSA) is 91.8 Å². The Morgan fingerprint density at radius 3 is 2.61 bits per heavy atom. The van der Waals surface area contributed by atoms with Crippen molar-refractivity contribution in [1.29, 1.82) is 0 Å². The van der Waals surface area contributed by atoms with Gasteiger partial charge < -0.3 is 5.11 Å². The van der Waals surface area contributed by atoms with Gasteiger partial charge in [0.2, 0.25) is 11.8 Å². The molecule has 28 heavy (non-hydrogen) atoms. The number of benzene rings is 1. The Bertz CT molecular complexity index is 800. The molecule has 0 radical (unpaired) electrons. The predicted octanol–water partition coefficient (Wildman–Crippen LogP) is 3.01. The first-order chi connectivity index (χ1) is 13.4. The summed E-state index contributed by atoms with van der Waals surface area (Å²) >= 11 is 0. The number of carbonyl (C=O) groups is 4. The fraction of sp³-hybridized carbons (Fsp3) is 0.545. The summed E-state index contributed by atoms with van der Waals surface area (Å²) in [5.41, 5.74) is 2.89. The molecule has 1 N–H and O–H groups in total. The van der Waals surface area contributed by atoms with Crippen LogP contribution in [0.15, 0.2) is 18.2 Å². The zero-order chi connectivity index (χ0) is 20.3. The summed E-state index contributed by atoms with van der Waals surface area (Å²) in [5, 5.41) is 8.65. The van der Waals surface area contributed by atoms with E-state index in [-0.39, 0.29) is 29.9 Å². The average molecular weight is 385 g/mol. The van der Waals surface area contributed by atoms with Gasteiger partial charge in [0.1, 0.15) is 0 Å². The number of aryl methyl sites for hydroxylation is 1. The van der Waals surface area contributed by atoms with Crippen LogP contribution in [-0.4, -0.2) is 40.6 Å². The Morgan fingerprint density at radius 1 is 1.11 bits per heavy atom. The largest absolute Gasteiger partial charge is 0.481 e. The summed E-state index contributed by atoms with van der Waals surface area (Å²) in [4.78, 5) is 48.7. The SMILES string of the molecule is CN1C(=O)CCC(C2Cc3cc(CCCCCCC(=O)O)ccc3C2=O)C1=O. The molecule has 1 aromatic rings. The van der Waals surface area contributed by atoms with Gasteiger partial charge in [-0.15, -0.1) is 0 Å². The number of rotatable bonds is 8. The van der Waals surface area contributed by atoms with Crippen molar-refractivity contribution < 1.29 is 24.3 Å². The maximum atomic E-state index is 12.8. The van der Waals surface area contributed by atoms with Crippen LogP contribution in [0.1, 0.15) is 66.4 Å². The molecule has 2 atom stereocenters. The van der Waals surface area contributed by atoms with E-state index in [9.17, 15) is 19.2 Å². The fourth-order valence-corrected chi connectivity index (χ4v) is 4.34. The van der Waals surface area contributed by atoms with Gasteiger partial charge in [-0.2, -0.15) is 0 Å². The van der Waals surface area contributed by atoms with E-state index in [1.54, 1.807) is 0 Å². The van der Waals surface area contributed by atoms with Gasteiger partial charge in [-0.1, -0.05) is 31.0 Å². The third kappa shape index (κ3) is 4.32. The van der Waals surface area contributed by atoms with Crippen LogP contribution in [0.4, 0.5) is 0 Å². The molecule has 0 bridgehead atoms. The normalized spacial score (nSPS) is 21.9. The summed E-state index contributed by atoms with van der Waals surface area (Å²) in [6.07, 6.45) is 6.07. The number of ketones is 1. The highest BCUT2D eigenvalue weighted by molar-refractivity contribution is 6.07. The van der Waals surface area contributed by atoms with E-state index < -0.39 is 11.9 Å². The molecule has 6 heteroatoms. The second kappa shape index (κ2) is 8.67. The standard InChI is InChI=1S/C22H27NO5/c1-23-19(24)11-10-17(22(23)28)18-13-15-12-14(8-9-16(15)21(18)27)6-4-2-3-5-7-20(25)26/h8-9,12,17-18H,2-7,10-11,13H2,1H3,(H,25,26). The number of hydrogen-bond donors (Lipinski definition) is 1. The molecular weight excluding hydrogens is 358 g/mol. The molecule has 1 aromatic carbocycles. The zero-order valence-electron chi connectivity index (χ0n) is 16.3. The minimum absolute atomic E-state index is 0.0244. The van der Waals surface area contributed by atoms with Gasteiger partial charge in [0.15, 0.2) is 5.78 Å². The van der Waals surface area contributed by atoms with Crippen LogP contribution in [0, 0.1) is 11.8 Å². The van der Waals surface area contributed by atoms with Crippen LogP contribution < -0.4 is 0 Å². The number of aliphatic carboxylic acids is 1. The number of Topliss-reactive ketones (excluding diaryl/α,β-unsaturated/α-hetero) is 1. The van der Waals surface area contributed by atoms with Crippen molar-refractivity contribution >= 4 is 23.6 Å². The number of carboxylic acids is 1. The van der Waals surface area contributed by atoms with Gasteiger partial charge in [0.25, 0.3) is 0 Å². The van der Waals surface area contributed by atoms with Gasteiger partial charge in [-0.25, -0.2) is 0 Å². The summed E-state index contributed by atoms with van der Waals surface area (Å²) in [5.74, 6) is -1.88. The van der Waals surface area contributed by atoms with Crippen molar-refractivity contribution in [3.8, 4) is 0 Å². The minimum atomic E-state index is -0.746. The number of nitrogens with zero attached hydrogens (tertiary/aromatic N) is 1. The van der Waals surface area contributed by atoms with Crippen LogP contribution in [0.5, 0.6) is 0 Å². The molecule has 3 rings (SSSR count). The van der Waals surface area contributed by atoms with Crippen LogP contribution in [0.2, 0.25) is 0 Å². The van der Waals surface area contributed by atoms with E-state index in [0.29, 0.717) is 31.2 Å². The maximum Gasteiger partial charge on any atom is 0.303 e. The minimum Gasteiger partial charge on any atom is -0.481 e. The number of carbonyl (C=O) groups excluding carboxylic acids is 3. The van der Waals surface area contributed by atoms with Gasteiger partial charge in [0.05, 0.1) is 0 Å². The summed E-state index contributed by atoms with van der Waals surface area (Å²) in [6.45, 7) is 0. The van der Waals surface area contributed by atoms with Gasteiger partial charge in [-0.3, -0.25) is 24.1 Å². The number of hydrogen-bond acceptors (Lipinski definition) is 4. The Balaban J connectivity index is 1.57. The first-order valence-electron chi connectivity index (χ1n) is 10.1. The second-order valence-electron chi connectivity index (χ2n) is 7.91. The quantitative estimate of drug-likeness (QED) is 0.549. The molecule has 1 aliphatic carbocycles. The molecular formula is C22H27NO5. The molecule has 1 aliphatic heterocycles. The van der Waals surface area contributed by atoms with Gasteiger partial charge >= 0.3 is 5.97 Å². The molecule has 0 aromatic heterocycles. The van der Waals surface area contributed by atoms with Gasteiger partial charge in [0, 0.05) is 37.3 Å². The van der Waals surface area contributed by atoms with Crippen molar-refractivity contribution in [2.75, 3.05) is 7.05 Å². The van der Waals surface area contributed by atoms with E-state index in [1.165, 1.54) is 17.5 Å². The van der Waals surface area contributed by atoms with Crippen molar-refractivity contribution in [3.05, 3.63) is 34.9 Å². The molecule has 1 heterocycles. The highest BCUT2D eigenvalue weighted by Gasteiger charge is 2.43. The smallest absolute Gasteiger partial charge is 0.303 e. The van der Waals surface area contributed by atoms with Crippen LogP contribution in [0.25, 0.3) is 0 Å². The first kappa shape index (κ1) is 20.2. The Labute approximate surface area is 164 Å². The van der Waals surface area contributed by atoms with Crippen LogP contribution in [0.3, 0.4) is 0 Å². The number of imide groups is 1. The predicted molar refractivity (Wildman–Crippen MR) is 103 cm³/mol. The molecule has 1 saturated heterocycles. The molecule has 0 saturated carbocycles. The number of unbranched alkanes of at least 4 members (excludes halogenated alkanes) is 3. The highest BCUT2D eigenvalue weighted by Crippen LogP contribution is 2.36. The Hall–Kier alpha value is -2.50. The second-order valence-corrected chi connectivity index (χ2v) is 7.91. The maximum absolute atomic E-state index is 12.8. The number of piperidine rings is 1. The fourth-order valence-electron chi connectivity index (χ4n) is 4.34. The number of fused-ring (bicyclic) bond motifs is 1. The lowest BCUT2D eigenvalue weighted by Crippen LogP contribution is -2.46. The monoisotopic (exact) mass is 385 g/mol. The van der Waals surface area contributed by atoms with Gasteiger partial charge in [-0.05, 0) is 43.2 Å². The number of carboxylic acid groups (broad SMARTS) is 1. The van der Waals surface area contributed by atoms with Crippen molar-refractivity contribution in [1.82, 2.24) is 4.90 Å². The molecule has 2 amide bonds. The molecule has 0 spiro atoms. The van der Waals surface area contributed by atoms with Crippen LogP contribution in [-0.2, 0) is 27.2 Å². The van der Waals surface area contributed by atoms with E-state index in [0.717, 1.165) is 31.2 Å². The zero-order valence-corrected chi connectivity index (χ0v) is 16.3. The average Bonchev–Trinajstić information content (AvgIpc) is 2.98. The summed E-state index contributed by atoms with van der Waals surface area (Å²) in [7, 11) is 1.50. The van der Waals surface area contributed by atoms with Crippen molar-refractivity contribution in [2.24, 2.45) is 11.8 Å². The van der Waals surface area contributed by atoms with E-state index in [2.05, 4.69) is 6.07 Å². The lowest BCUT2D eigenvalue weighted by Gasteiger charge is -2.30. The lowest BCUT2D eigenvalue weighted by atomic mass is 9.82. The van der Waals surface area contributed by atoms with Crippen molar-refractivity contribution in [2.45, 2.75) is 57.8 Å². The first-order valence-corrected chi connectivity index (χ1v) is 10.1. The Kier molecular flexibility index (Phi) is 6.27. The van der Waals surface area contributed by atoms with E-state index >= 15 is 0 Å². The van der Waals surface area contributed by atoms with Crippen molar-refractivity contribution in [3.63, 3.8) is 0 Å². The molecule has 1 fully saturated rings.